The van der Waals surface area contributed by atoms with E-state index in [0.717, 1.165) is 6.42 Å². The van der Waals surface area contributed by atoms with E-state index in [0.29, 0.717) is 24.0 Å². The lowest BCUT2D eigenvalue weighted by Crippen LogP contribution is -2.36. The first-order valence-corrected chi connectivity index (χ1v) is 6.62. The van der Waals surface area contributed by atoms with Crippen LogP contribution in [0.15, 0.2) is 35.4 Å². The van der Waals surface area contributed by atoms with Crippen LogP contribution in [0, 0.1) is 0 Å². The summed E-state index contributed by atoms with van der Waals surface area (Å²) in [6.45, 7) is 1.24. The Kier molecular flexibility index (Phi) is 3.23. The van der Waals surface area contributed by atoms with Crippen LogP contribution in [0.25, 0.3) is 10.9 Å². The number of carbonyl (C=O) groups is 1. The van der Waals surface area contributed by atoms with E-state index in [4.69, 9.17) is 5.73 Å². The van der Waals surface area contributed by atoms with Crippen molar-refractivity contribution in [3.8, 4) is 0 Å². The van der Waals surface area contributed by atoms with Crippen LogP contribution >= 0.6 is 0 Å². The number of nitrogens with two attached hydrogens (primary N) is 1. The van der Waals surface area contributed by atoms with Crippen LogP contribution < -0.4 is 11.3 Å². The summed E-state index contributed by atoms with van der Waals surface area (Å²) in [4.78, 5) is 30.3. The molecular weight excluding hydrogens is 256 g/mol. The Hall–Kier alpha value is -2.21. The maximum absolute atomic E-state index is 12.3. The van der Waals surface area contributed by atoms with Crippen molar-refractivity contribution in [1.29, 1.82) is 0 Å². The Morgan fingerprint density at radius 2 is 2.20 bits per heavy atom. The zero-order valence-corrected chi connectivity index (χ0v) is 11.0. The minimum absolute atomic E-state index is 0.0172. The van der Waals surface area contributed by atoms with Crippen molar-refractivity contribution in [2.75, 3.05) is 13.1 Å². The van der Waals surface area contributed by atoms with E-state index in [1.165, 1.54) is 10.9 Å². The fraction of sp³-hybridized carbons (Fsp3) is 0.357. The summed E-state index contributed by atoms with van der Waals surface area (Å²) in [6, 6.07) is 7.16. The summed E-state index contributed by atoms with van der Waals surface area (Å²) in [5.41, 5.74) is 6.24. The highest BCUT2D eigenvalue weighted by Gasteiger charge is 2.23. The molecule has 0 aliphatic carbocycles. The van der Waals surface area contributed by atoms with Crippen molar-refractivity contribution >= 4 is 16.8 Å². The second kappa shape index (κ2) is 5.05. The number of nitrogens with zero attached hydrogens (tertiary/aromatic N) is 3. The summed E-state index contributed by atoms with van der Waals surface area (Å²) in [6.07, 6.45) is 2.25. The van der Waals surface area contributed by atoms with Crippen LogP contribution in [0.5, 0.6) is 0 Å². The fourth-order valence-electron chi connectivity index (χ4n) is 2.48. The van der Waals surface area contributed by atoms with Crippen LogP contribution in [0.4, 0.5) is 0 Å². The molecule has 1 aromatic carbocycles. The molecule has 1 fully saturated rings. The van der Waals surface area contributed by atoms with Gasteiger partial charge in [-0.2, -0.15) is 0 Å². The number of aromatic nitrogens is 2. The topological polar surface area (TPSA) is 81.2 Å². The van der Waals surface area contributed by atoms with Gasteiger partial charge in [0.25, 0.3) is 5.56 Å². The smallest absolute Gasteiger partial charge is 0.261 e. The van der Waals surface area contributed by atoms with Crippen LogP contribution in [0.1, 0.15) is 6.42 Å². The molecule has 2 N–H and O–H groups in total. The third-order valence-corrected chi connectivity index (χ3v) is 3.61. The van der Waals surface area contributed by atoms with Gasteiger partial charge in [0.15, 0.2) is 0 Å². The second-order valence-electron chi connectivity index (χ2n) is 5.08. The van der Waals surface area contributed by atoms with Crippen molar-refractivity contribution in [3.63, 3.8) is 0 Å². The average molecular weight is 272 g/mol. The van der Waals surface area contributed by atoms with E-state index in [2.05, 4.69) is 4.98 Å². The van der Waals surface area contributed by atoms with Crippen LogP contribution in [0.2, 0.25) is 0 Å². The highest BCUT2D eigenvalue weighted by molar-refractivity contribution is 5.79. The predicted molar refractivity (Wildman–Crippen MR) is 75.2 cm³/mol. The molecule has 1 aliphatic heterocycles. The summed E-state index contributed by atoms with van der Waals surface area (Å²) < 4.78 is 1.36. The van der Waals surface area contributed by atoms with Crippen molar-refractivity contribution in [3.05, 3.63) is 40.9 Å². The van der Waals surface area contributed by atoms with Crippen LogP contribution in [-0.4, -0.2) is 39.5 Å². The molecule has 1 aromatic heterocycles. The minimum atomic E-state index is -0.188. The predicted octanol–water partition coefficient (Wildman–Crippen LogP) is -0.0439. The molecule has 0 saturated carbocycles. The van der Waals surface area contributed by atoms with Gasteiger partial charge in [-0.3, -0.25) is 14.2 Å². The number of para-hydroxylation sites is 1. The third-order valence-electron chi connectivity index (χ3n) is 3.61. The zero-order chi connectivity index (χ0) is 14.1. The van der Waals surface area contributed by atoms with E-state index in [1.807, 2.05) is 6.07 Å². The first-order chi connectivity index (χ1) is 9.65. The fourth-order valence-corrected chi connectivity index (χ4v) is 2.48. The molecule has 0 bridgehead atoms. The number of amides is 1. The molecular formula is C14H16N4O2. The van der Waals surface area contributed by atoms with Gasteiger partial charge in [0.05, 0.1) is 17.2 Å². The van der Waals surface area contributed by atoms with Gasteiger partial charge < -0.3 is 10.6 Å². The van der Waals surface area contributed by atoms with Gasteiger partial charge in [-0.25, -0.2) is 4.98 Å². The first-order valence-electron chi connectivity index (χ1n) is 6.62. The second-order valence-corrected chi connectivity index (χ2v) is 5.08. The standard InChI is InChI=1S/C14H16N4O2/c15-10-5-6-17(7-10)13(19)8-18-9-16-12-4-2-1-3-11(12)14(18)20/h1-4,9-10H,5-8,15H2. The maximum atomic E-state index is 12.3. The van der Waals surface area contributed by atoms with Gasteiger partial charge >= 0.3 is 0 Å². The summed E-state index contributed by atoms with van der Waals surface area (Å²) >= 11 is 0. The Bertz CT molecular complexity index is 710. The lowest BCUT2D eigenvalue weighted by molar-refractivity contribution is -0.130. The third kappa shape index (κ3) is 2.30. The number of likely N-dealkylation sites (tertiary alicyclic amines) is 1. The number of carbonyl (C=O) groups excluding carboxylic acids is 1. The summed E-state index contributed by atoms with van der Waals surface area (Å²) in [7, 11) is 0. The van der Waals surface area contributed by atoms with E-state index in [1.54, 1.807) is 23.1 Å². The SMILES string of the molecule is NC1CCN(C(=O)Cn2cnc3ccccc3c2=O)C1. The van der Waals surface area contributed by atoms with E-state index in [9.17, 15) is 9.59 Å². The molecule has 20 heavy (non-hydrogen) atoms. The number of rotatable bonds is 2. The number of hydrogen-bond acceptors (Lipinski definition) is 4. The molecule has 6 heteroatoms. The van der Waals surface area contributed by atoms with E-state index in [-0.39, 0.29) is 24.1 Å². The maximum Gasteiger partial charge on any atom is 0.261 e. The molecule has 104 valence electrons. The minimum Gasteiger partial charge on any atom is -0.340 e. The molecule has 1 atom stereocenters. The Labute approximate surface area is 115 Å². The number of fused-ring (bicyclic) bond motifs is 1. The normalized spacial score (nSPS) is 18.6. The van der Waals surface area contributed by atoms with E-state index >= 15 is 0 Å². The molecule has 1 amide bonds. The van der Waals surface area contributed by atoms with Gasteiger partial charge in [-0.1, -0.05) is 12.1 Å². The summed E-state index contributed by atoms with van der Waals surface area (Å²) in [5.74, 6) is -0.0860. The molecule has 3 rings (SSSR count). The lowest BCUT2D eigenvalue weighted by Gasteiger charge is -2.16. The highest BCUT2D eigenvalue weighted by Crippen LogP contribution is 2.08. The quantitative estimate of drug-likeness (QED) is 0.831. The molecule has 0 spiro atoms. The first kappa shape index (κ1) is 12.8. The molecule has 1 unspecified atom stereocenters. The molecule has 0 radical (unpaired) electrons. The Balaban J connectivity index is 1.86. The highest BCUT2D eigenvalue weighted by atomic mass is 16.2. The van der Waals surface area contributed by atoms with Crippen molar-refractivity contribution in [1.82, 2.24) is 14.5 Å². The van der Waals surface area contributed by atoms with Crippen molar-refractivity contribution in [2.24, 2.45) is 5.73 Å². The van der Waals surface area contributed by atoms with Crippen LogP contribution in [-0.2, 0) is 11.3 Å². The monoisotopic (exact) mass is 272 g/mol. The van der Waals surface area contributed by atoms with Gasteiger partial charge in [-0.05, 0) is 18.6 Å². The van der Waals surface area contributed by atoms with Gasteiger partial charge in [0, 0.05) is 19.1 Å². The van der Waals surface area contributed by atoms with E-state index < -0.39 is 0 Å². The van der Waals surface area contributed by atoms with Gasteiger partial charge in [0.2, 0.25) is 5.91 Å². The molecule has 2 aromatic rings. The zero-order valence-electron chi connectivity index (χ0n) is 11.0. The molecule has 1 saturated heterocycles. The van der Waals surface area contributed by atoms with Crippen molar-refractivity contribution in [2.45, 2.75) is 19.0 Å². The van der Waals surface area contributed by atoms with Crippen LogP contribution in [0.3, 0.4) is 0 Å². The van der Waals surface area contributed by atoms with Gasteiger partial charge in [0.1, 0.15) is 6.54 Å². The molecule has 6 nitrogen and oxygen atoms in total. The Morgan fingerprint density at radius 3 is 2.95 bits per heavy atom. The van der Waals surface area contributed by atoms with Gasteiger partial charge in [-0.15, -0.1) is 0 Å². The average Bonchev–Trinajstić information content (AvgIpc) is 2.89. The number of benzene rings is 1. The molecule has 1 aliphatic rings. The largest absolute Gasteiger partial charge is 0.340 e. The Morgan fingerprint density at radius 1 is 1.40 bits per heavy atom. The summed E-state index contributed by atoms with van der Waals surface area (Å²) in [5, 5.41) is 0.529. The lowest BCUT2D eigenvalue weighted by atomic mass is 10.2. The molecule has 2 heterocycles. The number of hydrogen-bond donors (Lipinski definition) is 1. The van der Waals surface area contributed by atoms with Crippen molar-refractivity contribution < 1.29 is 4.79 Å².